The number of aromatic nitrogens is 1. The van der Waals surface area contributed by atoms with E-state index in [9.17, 15) is 8.78 Å². The van der Waals surface area contributed by atoms with Crippen molar-refractivity contribution in [2.75, 3.05) is 7.05 Å². The summed E-state index contributed by atoms with van der Waals surface area (Å²) in [5.41, 5.74) is 2.15. The Morgan fingerprint density at radius 2 is 2.00 bits per heavy atom. The van der Waals surface area contributed by atoms with Crippen molar-refractivity contribution in [1.29, 1.82) is 0 Å². The van der Waals surface area contributed by atoms with E-state index in [0.29, 0.717) is 12.1 Å². The fourth-order valence-electron chi connectivity index (χ4n) is 2.19. The number of rotatable bonds is 4. The Morgan fingerprint density at radius 1 is 1.30 bits per heavy atom. The van der Waals surface area contributed by atoms with Crippen molar-refractivity contribution in [3.63, 3.8) is 0 Å². The topological polar surface area (TPSA) is 29.3 Å². The summed E-state index contributed by atoms with van der Waals surface area (Å²) in [4.78, 5) is 1.93. The zero-order chi connectivity index (χ0) is 14.9. The van der Waals surface area contributed by atoms with Gasteiger partial charge >= 0.3 is 0 Å². The number of aryl methyl sites for hydroxylation is 2. The molecule has 1 aromatic carbocycles. The zero-order valence-corrected chi connectivity index (χ0v) is 12.1. The largest absolute Gasteiger partial charge is 0.361 e. The Balaban J connectivity index is 2.20. The van der Waals surface area contributed by atoms with Crippen LogP contribution in [0.3, 0.4) is 0 Å². The van der Waals surface area contributed by atoms with Crippen LogP contribution in [-0.2, 0) is 6.54 Å². The fraction of sp³-hybridized carbons (Fsp3) is 0.400. The quantitative estimate of drug-likeness (QED) is 0.854. The summed E-state index contributed by atoms with van der Waals surface area (Å²) in [6.07, 6.45) is 0. The second-order valence-electron chi connectivity index (χ2n) is 5.06. The Hall–Kier alpha value is -1.75. The average Bonchev–Trinajstić information content (AvgIpc) is 2.72. The number of hydrogen-bond acceptors (Lipinski definition) is 3. The van der Waals surface area contributed by atoms with Gasteiger partial charge in [-0.3, -0.25) is 4.90 Å². The van der Waals surface area contributed by atoms with Crippen molar-refractivity contribution in [2.24, 2.45) is 0 Å². The van der Waals surface area contributed by atoms with E-state index in [1.807, 2.05) is 32.7 Å². The molecule has 0 unspecified atom stereocenters. The molecule has 0 N–H and O–H groups in total. The van der Waals surface area contributed by atoms with Gasteiger partial charge in [-0.2, -0.15) is 0 Å². The molecule has 108 valence electrons. The molecule has 0 spiro atoms. The average molecular weight is 280 g/mol. The first-order valence-corrected chi connectivity index (χ1v) is 6.47. The van der Waals surface area contributed by atoms with Crippen molar-refractivity contribution in [2.45, 2.75) is 33.4 Å². The van der Waals surface area contributed by atoms with Crippen molar-refractivity contribution in [3.8, 4) is 0 Å². The highest BCUT2D eigenvalue weighted by Gasteiger charge is 2.19. The minimum atomic E-state index is -0.431. The van der Waals surface area contributed by atoms with Crippen LogP contribution in [0.2, 0.25) is 0 Å². The van der Waals surface area contributed by atoms with Crippen molar-refractivity contribution >= 4 is 0 Å². The van der Waals surface area contributed by atoms with Gasteiger partial charge in [-0.15, -0.1) is 0 Å². The van der Waals surface area contributed by atoms with Crippen LogP contribution < -0.4 is 0 Å². The lowest BCUT2D eigenvalue weighted by Gasteiger charge is -2.25. The Bertz CT molecular complexity index is 590. The van der Waals surface area contributed by atoms with Crippen molar-refractivity contribution in [3.05, 3.63) is 52.4 Å². The van der Waals surface area contributed by atoms with Crippen LogP contribution in [0, 0.1) is 25.5 Å². The summed E-state index contributed by atoms with van der Waals surface area (Å²) in [6.45, 7) is 6.12. The Labute approximate surface area is 117 Å². The van der Waals surface area contributed by atoms with Crippen molar-refractivity contribution < 1.29 is 13.3 Å². The minimum absolute atomic E-state index is 0.251. The summed E-state index contributed by atoms with van der Waals surface area (Å²) < 4.78 is 32.2. The molecule has 3 nitrogen and oxygen atoms in total. The van der Waals surface area contributed by atoms with E-state index in [2.05, 4.69) is 5.16 Å². The standard InChI is InChI=1S/C15H18F2N2O/c1-9-14(11(3)20-18-9)8-19(4)10(2)13-7-12(16)5-6-15(13)17/h5-7,10H,8H2,1-4H3/t10-/m1/s1. The molecule has 1 atom stereocenters. The van der Waals surface area contributed by atoms with Gasteiger partial charge in [0.1, 0.15) is 17.4 Å². The number of nitrogens with zero attached hydrogens (tertiary/aromatic N) is 2. The van der Waals surface area contributed by atoms with E-state index in [1.165, 1.54) is 6.07 Å². The van der Waals surface area contributed by atoms with Crippen LogP contribution in [0.5, 0.6) is 0 Å². The molecule has 20 heavy (non-hydrogen) atoms. The SMILES string of the molecule is Cc1noc(C)c1CN(C)[C@H](C)c1cc(F)ccc1F. The molecule has 0 fully saturated rings. The van der Waals surface area contributed by atoms with Gasteiger partial charge in [-0.05, 0) is 46.0 Å². The van der Waals surface area contributed by atoms with E-state index in [4.69, 9.17) is 4.52 Å². The molecule has 2 aromatic rings. The number of hydrogen-bond donors (Lipinski definition) is 0. The maximum atomic E-state index is 13.8. The van der Waals surface area contributed by atoms with Gasteiger partial charge in [-0.25, -0.2) is 8.78 Å². The molecule has 0 amide bonds. The summed E-state index contributed by atoms with van der Waals surface area (Å²) in [6, 6.07) is 3.27. The normalized spacial score (nSPS) is 12.9. The van der Waals surface area contributed by atoms with Crippen LogP contribution in [0.15, 0.2) is 22.7 Å². The molecule has 0 aliphatic carbocycles. The molecule has 1 heterocycles. The molecule has 0 saturated heterocycles. The molecular formula is C15H18F2N2O. The van der Waals surface area contributed by atoms with Crippen LogP contribution in [-0.4, -0.2) is 17.1 Å². The second-order valence-corrected chi connectivity index (χ2v) is 5.06. The fourth-order valence-corrected chi connectivity index (χ4v) is 2.19. The Morgan fingerprint density at radius 3 is 2.60 bits per heavy atom. The van der Waals surface area contributed by atoms with Crippen LogP contribution >= 0.6 is 0 Å². The molecule has 0 aliphatic heterocycles. The molecule has 0 bridgehead atoms. The van der Waals surface area contributed by atoms with E-state index in [1.54, 1.807) is 0 Å². The van der Waals surface area contributed by atoms with Gasteiger partial charge in [0, 0.05) is 23.7 Å². The van der Waals surface area contributed by atoms with Gasteiger partial charge in [0.05, 0.1) is 5.69 Å². The molecule has 0 radical (unpaired) electrons. The third-order valence-electron chi connectivity index (χ3n) is 3.66. The maximum absolute atomic E-state index is 13.8. The molecule has 5 heteroatoms. The maximum Gasteiger partial charge on any atom is 0.138 e. The highest BCUT2D eigenvalue weighted by atomic mass is 19.1. The molecule has 0 aliphatic rings. The highest BCUT2D eigenvalue weighted by Crippen LogP contribution is 2.25. The monoisotopic (exact) mass is 280 g/mol. The highest BCUT2D eigenvalue weighted by molar-refractivity contribution is 5.24. The van der Waals surface area contributed by atoms with Crippen LogP contribution in [0.1, 0.15) is 35.5 Å². The van der Waals surface area contributed by atoms with E-state index in [-0.39, 0.29) is 6.04 Å². The summed E-state index contributed by atoms with van der Waals surface area (Å²) >= 11 is 0. The number of halogens is 2. The smallest absolute Gasteiger partial charge is 0.138 e. The van der Waals surface area contributed by atoms with Gasteiger partial charge < -0.3 is 4.52 Å². The van der Waals surface area contributed by atoms with Gasteiger partial charge in [0.25, 0.3) is 0 Å². The zero-order valence-electron chi connectivity index (χ0n) is 12.1. The summed E-state index contributed by atoms with van der Waals surface area (Å²) in [5.74, 6) is -0.0789. The van der Waals surface area contributed by atoms with Crippen LogP contribution in [0.25, 0.3) is 0 Å². The predicted molar refractivity (Wildman–Crippen MR) is 72.2 cm³/mol. The first-order valence-electron chi connectivity index (χ1n) is 6.47. The van der Waals surface area contributed by atoms with Crippen LogP contribution in [0.4, 0.5) is 8.78 Å². The predicted octanol–water partition coefficient (Wildman–Crippen LogP) is 3.76. The summed E-state index contributed by atoms with van der Waals surface area (Å²) in [5, 5.41) is 3.90. The van der Waals surface area contributed by atoms with E-state index in [0.717, 1.165) is 29.2 Å². The first-order chi connectivity index (χ1) is 9.40. The number of benzene rings is 1. The minimum Gasteiger partial charge on any atom is -0.361 e. The summed E-state index contributed by atoms with van der Waals surface area (Å²) in [7, 11) is 1.86. The van der Waals surface area contributed by atoms with E-state index < -0.39 is 11.6 Å². The van der Waals surface area contributed by atoms with Gasteiger partial charge in [0.2, 0.25) is 0 Å². The van der Waals surface area contributed by atoms with Gasteiger partial charge in [-0.1, -0.05) is 5.16 Å². The molecular weight excluding hydrogens is 262 g/mol. The lowest BCUT2D eigenvalue weighted by molar-refractivity contribution is 0.245. The molecule has 2 rings (SSSR count). The molecule has 0 saturated carbocycles. The third-order valence-corrected chi connectivity index (χ3v) is 3.66. The lowest BCUT2D eigenvalue weighted by atomic mass is 10.1. The third kappa shape index (κ3) is 2.88. The van der Waals surface area contributed by atoms with Gasteiger partial charge in [0.15, 0.2) is 0 Å². The first kappa shape index (κ1) is 14.7. The lowest BCUT2D eigenvalue weighted by Crippen LogP contribution is -2.23. The van der Waals surface area contributed by atoms with E-state index >= 15 is 0 Å². The van der Waals surface area contributed by atoms with Crippen molar-refractivity contribution in [1.82, 2.24) is 10.1 Å². The second kappa shape index (κ2) is 5.71. The molecule has 1 aromatic heterocycles. The Kier molecular flexibility index (Phi) is 4.18.